The maximum atomic E-state index is 13.0. The zero-order valence-electron chi connectivity index (χ0n) is 10.00. The number of carbonyl (C=O) groups excluding carboxylic acids is 1. The first-order chi connectivity index (χ1) is 9.06. The molecule has 2 aromatic rings. The molecule has 0 atom stereocenters. The Kier molecular flexibility index (Phi) is 4.27. The molecule has 0 fully saturated rings. The lowest BCUT2D eigenvalue weighted by Crippen LogP contribution is -2.01. The maximum Gasteiger partial charge on any atom is 0.163 e. The van der Waals surface area contributed by atoms with Crippen molar-refractivity contribution in [2.24, 2.45) is 0 Å². The van der Waals surface area contributed by atoms with E-state index in [-0.39, 0.29) is 23.0 Å². The van der Waals surface area contributed by atoms with Crippen molar-refractivity contribution in [3.63, 3.8) is 0 Å². The van der Waals surface area contributed by atoms with E-state index in [1.165, 1.54) is 30.3 Å². The van der Waals surface area contributed by atoms with Gasteiger partial charge in [-0.15, -0.1) is 0 Å². The van der Waals surface area contributed by atoms with Crippen molar-refractivity contribution in [3.05, 3.63) is 70.2 Å². The number of ketones is 1. The molecule has 1 nitrogen and oxygen atoms in total. The highest BCUT2D eigenvalue weighted by Gasteiger charge is 2.09. The van der Waals surface area contributed by atoms with E-state index in [9.17, 15) is 13.6 Å². The SMILES string of the molecule is O=C(CCc1ccc(F)cc1)c1ccc(F)c(Cl)c1. The summed E-state index contributed by atoms with van der Waals surface area (Å²) < 4.78 is 25.7. The average Bonchev–Trinajstić information content (AvgIpc) is 2.41. The van der Waals surface area contributed by atoms with Gasteiger partial charge in [0.15, 0.2) is 5.78 Å². The van der Waals surface area contributed by atoms with Gasteiger partial charge in [-0.2, -0.15) is 0 Å². The Morgan fingerprint density at radius 2 is 1.74 bits per heavy atom. The summed E-state index contributed by atoms with van der Waals surface area (Å²) in [6.07, 6.45) is 0.779. The Balaban J connectivity index is 2.01. The summed E-state index contributed by atoms with van der Waals surface area (Å²) in [6.45, 7) is 0. The molecule has 0 heterocycles. The summed E-state index contributed by atoms with van der Waals surface area (Å²) in [7, 11) is 0. The van der Waals surface area contributed by atoms with Crippen LogP contribution < -0.4 is 0 Å². The van der Waals surface area contributed by atoms with Crippen LogP contribution in [0.4, 0.5) is 8.78 Å². The van der Waals surface area contributed by atoms with Crippen molar-refractivity contribution >= 4 is 17.4 Å². The predicted octanol–water partition coefficient (Wildman–Crippen LogP) is 4.43. The van der Waals surface area contributed by atoms with Gasteiger partial charge in [0.25, 0.3) is 0 Å². The first-order valence-electron chi connectivity index (χ1n) is 5.79. The molecule has 0 aliphatic rings. The minimum Gasteiger partial charge on any atom is -0.294 e. The summed E-state index contributed by atoms with van der Waals surface area (Å²) >= 11 is 5.62. The molecular weight excluding hydrogens is 270 g/mol. The summed E-state index contributed by atoms with van der Waals surface area (Å²) in [5.41, 5.74) is 1.26. The molecule has 0 amide bonds. The number of hydrogen-bond donors (Lipinski definition) is 0. The first kappa shape index (κ1) is 13.7. The molecule has 0 unspecified atom stereocenters. The third kappa shape index (κ3) is 3.61. The van der Waals surface area contributed by atoms with Gasteiger partial charge in [0.2, 0.25) is 0 Å². The lowest BCUT2D eigenvalue weighted by Gasteiger charge is -2.03. The zero-order chi connectivity index (χ0) is 13.8. The maximum absolute atomic E-state index is 13.0. The molecule has 0 saturated heterocycles. The van der Waals surface area contributed by atoms with Crippen LogP contribution in [-0.4, -0.2) is 5.78 Å². The minimum atomic E-state index is -0.545. The fourth-order valence-corrected chi connectivity index (χ4v) is 1.90. The standard InChI is InChI=1S/C15H11ClF2O/c16-13-9-11(4-7-14(13)18)15(19)8-3-10-1-5-12(17)6-2-10/h1-2,4-7,9H,3,8H2. The van der Waals surface area contributed by atoms with E-state index >= 15 is 0 Å². The molecule has 0 bridgehead atoms. The number of aryl methyl sites for hydroxylation is 1. The van der Waals surface area contributed by atoms with Gasteiger partial charge in [-0.05, 0) is 42.3 Å². The Hall–Kier alpha value is -1.74. The molecule has 2 rings (SSSR count). The van der Waals surface area contributed by atoms with Crippen LogP contribution in [0.3, 0.4) is 0 Å². The molecule has 0 aromatic heterocycles. The van der Waals surface area contributed by atoms with Crippen LogP contribution in [0.25, 0.3) is 0 Å². The number of halogens is 3. The van der Waals surface area contributed by atoms with Crippen LogP contribution in [0.15, 0.2) is 42.5 Å². The van der Waals surface area contributed by atoms with E-state index < -0.39 is 5.82 Å². The number of carbonyl (C=O) groups is 1. The highest BCUT2D eigenvalue weighted by molar-refractivity contribution is 6.31. The second-order valence-corrected chi connectivity index (χ2v) is 4.59. The second-order valence-electron chi connectivity index (χ2n) is 4.18. The van der Waals surface area contributed by atoms with Gasteiger partial charge in [-0.25, -0.2) is 8.78 Å². The molecule has 0 radical (unpaired) electrons. The van der Waals surface area contributed by atoms with Crippen molar-refractivity contribution in [2.75, 3.05) is 0 Å². The highest BCUT2D eigenvalue weighted by Crippen LogP contribution is 2.17. The fraction of sp³-hybridized carbons (Fsp3) is 0.133. The Bertz CT molecular complexity index is 594. The molecule has 2 aromatic carbocycles. The van der Waals surface area contributed by atoms with Gasteiger partial charge in [-0.1, -0.05) is 23.7 Å². The fourth-order valence-electron chi connectivity index (χ4n) is 1.72. The number of Topliss-reactive ketones (excluding diaryl/α,β-unsaturated/α-hetero) is 1. The molecule has 0 N–H and O–H groups in total. The lowest BCUT2D eigenvalue weighted by molar-refractivity contribution is 0.0983. The molecule has 19 heavy (non-hydrogen) atoms. The molecule has 0 aliphatic heterocycles. The van der Waals surface area contributed by atoms with E-state index in [0.717, 1.165) is 5.56 Å². The Morgan fingerprint density at radius 3 is 2.37 bits per heavy atom. The van der Waals surface area contributed by atoms with Gasteiger partial charge in [0.05, 0.1) is 5.02 Å². The van der Waals surface area contributed by atoms with Gasteiger partial charge < -0.3 is 0 Å². The number of hydrogen-bond acceptors (Lipinski definition) is 1. The van der Waals surface area contributed by atoms with Crippen LogP contribution in [0, 0.1) is 11.6 Å². The summed E-state index contributed by atoms with van der Waals surface area (Å²) in [6, 6.07) is 9.90. The summed E-state index contributed by atoms with van der Waals surface area (Å²) in [5.74, 6) is -0.969. The van der Waals surface area contributed by atoms with Gasteiger partial charge in [-0.3, -0.25) is 4.79 Å². The topological polar surface area (TPSA) is 17.1 Å². The van der Waals surface area contributed by atoms with Crippen LogP contribution in [0.5, 0.6) is 0 Å². The van der Waals surface area contributed by atoms with Crippen molar-refractivity contribution in [1.82, 2.24) is 0 Å². The third-order valence-corrected chi connectivity index (χ3v) is 3.09. The third-order valence-electron chi connectivity index (χ3n) is 2.80. The summed E-state index contributed by atoms with van der Waals surface area (Å²) in [5, 5.41) is -0.0624. The molecular formula is C15H11ClF2O. The molecule has 98 valence electrons. The van der Waals surface area contributed by atoms with E-state index in [2.05, 4.69) is 0 Å². The van der Waals surface area contributed by atoms with Crippen LogP contribution in [0.1, 0.15) is 22.3 Å². The van der Waals surface area contributed by atoms with Crippen molar-refractivity contribution in [1.29, 1.82) is 0 Å². The van der Waals surface area contributed by atoms with Gasteiger partial charge in [0, 0.05) is 12.0 Å². The van der Waals surface area contributed by atoms with Crippen molar-refractivity contribution in [3.8, 4) is 0 Å². The van der Waals surface area contributed by atoms with Crippen LogP contribution in [0.2, 0.25) is 5.02 Å². The largest absolute Gasteiger partial charge is 0.294 e. The van der Waals surface area contributed by atoms with E-state index in [1.54, 1.807) is 12.1 Å². The Morgan fingerprint density at radius 1 is 1.05 bits per heavy atom. The van der Waals surface area contributed by atoms with Gasteiger partial charge >= 0.3 is 0 Å². The average molecular weight is 281 g/mol. The highest BCUT2D eigenvalue weighted by atomic mass is 35.5. The normalized spacial score (nSPS) is 10.5. The van der Waals surface area contributed by atoms with E-state index in [1.807, 2.05) is 0 Å². The van der Waals surface area contributed by atoms with Crippen molar-refractivity contribution in [2.45, 2.75) is 12.8 Å². The Labute approximate surface area is 114 Å². The number of benzene rings is 2. The molecule has 0 aliphatic carbocycles. The number of rotatable bonds is 4. The quantitative estimate of drug-likeness (QED) is 0.757. The predicted molar refractivity (Wildman–Crippen MR) is 70.5 cm³/mol. The minimum absolute atomic E-state index is 0.0624. The van der Waals surface area contributed by atoms with Crippen LogP contribution in [-0.2, 0) is 6.42 Å². The molecule has 0 saturated carbocycles. The van der Waals surface area contributed by atoms with Crippen molar-refractivity contribution < 1.29 is 13.6 Å². The zero-order valence-corrected chi connectivity index (χ0v) is 10.8. The van der Waals surface area contributed by atoms with E-state index in [0.29, 0.717) is 12.0 Å². The van der Waals surface area contributed by atoms with E-state index in [4.69, 9.17) is 11.6 Å². The van der Waals surface area contributed by atoms with Gasteiger partial charge in [0.1, 0.15) is 11.6 Å². The second kappa shape index (κ2) is 5.93. The molecule has 0 spiro atoms. The smallest absolute Gasteiger partial charge is 0.163 e. The molecule has 4 heteroatoms. The summed E-state index contributed by atoms with van der Waals surface area (Å²) in [4.78, 5) is 11.9. The monoisotopic (exact) mass is 280 g/mol. The van der Waals surface area contributed by atoms with Crippen LogP contribution >= 0.6 is 11.6 Å². The first-order valence-corrected chi connectivity index (χ1v) is 6.17. The lowest BCUT2D eigenvalue weighted by atomic mass is 10.0.